The summed E-state index contributed by atoms with van der Waals surface area (Å²) in [6.45, 7) is 0. The predicted octanol–water partition coefficient (Wildman–Crippen LogP) is 4.69. The summed E-state index contributed by atoms with van der Waals surface area (Å²) in [6.07, 6.45) is 2.61. The smallest absolute Gasteiger partial charge is 0.326 e. The lowest BCUT2D eigenvalue weighted by Crippen LogP contribution is -2.37. The van der Waals surface area contributed by atoms with Gasteiger partial charge in [-0.3, -0.25) is 9.69 Å². The lowest BCUT2D eigenvalue weighted by molar-refractivity contribution is -0.116. The van der Waals surface area contributed by atoms with E-state index in [9.17, 15) is 18.4 Å². The van der Waals surface area contributed by atoms with Gasteiger partial charge in [0, 0.05) is 18.7 Å². The molecule has 0 saturated heterocycles. The monoisotopic (exact) mass is 392 g/mol. The number of nitrogens with zero attached hydrogens (tertiary/aromatic N) is 1. The summed E-state index contributed by atoms with van der Waals surface area (Å²) in [5, 5.41) is 2.51. The Morgan fingerprint density at radius 2 is 1.96 bits per heavy atom. The van der Waals surface area contributed by atoms with Crippen LogP contribution in [0.3, 0.4) is 0 Å². The van der Waals surface area contributed by atoms with Crippen molar-refractivity contribution in [2.75, 3.05) is 12.4 Å². The molecule has 0 unspecified atom stereocenters. The van der Waals surface area contributed by atoms with E-state index in [4.69, 9.17) is 16.3 Å². The van der Waals surface area contributed by atoms with Crippen molar-refractivity contribution in [3.05, 3.63) is 70.9 Å². The second-order valence-corrected chi connectivity index (χ2v) is 6.26. The van der Waals surface area contributed by atoms with Gasteiger partial charge in [0.15, 0.2) is 5.78 Å². The molecule has 0 aromatic heterocycles. The number of hydrogen-bond acceptors (Lipinski definition) is 3. The summed E-state index contributed by atoms with van der Waals surface area (Å²) in [7, 11) is 1.37. The van der Waals surface area contributed by atoms with Gasteiger partial charge in [-0.1, -0.05) is 23.7 Å². The van der Waals surface area contributed by atoms with Gasteiger partial charge in [0.25, 0.3) is 0 Å². The van der Waals surface area contributed by atoms with Crippen molar-refractivity contribution in [2.45, 2.75) is 12.5 Å². The van der Waals surface area contributed by atoms with E-state index in [0.29, 0.717) is 5.56 Å². The van der Waals surface area contributed by atoms with Crippen LogP contribution in [0.15, 0.2) is 48.7 Å². The molecule has 27 heavy (non-hydrogen) atoms. The van der Waals surface area contributed by atoms with Gasteiger partial charge in [-0.05, 0) is 29.8 Å². The number of carbonyl (C=O) groups is 2. The second-order valence-electron chi connectivity index (χ2n) is 5.86. The fraction of sp³-hybridized carbons (Fsp3) is 0.158. The van der Waals surface area contributed by atoms with Crippen molar-refractivity contribution in [2.24, 2.45) is 0 Å². The number of anilines is 1. The molecule has 0 aliphatic carbocycles. The highest BCUT2D eigenvalue weighted by molar-refractivity contribution is 6.32. The fourth-order valence-corrected chi connectivity index (χ4v) is 2.99. The van der Waals surface area contributed by atoms with Crippen molar-refractivity contribution in [3.8, 4) is 5.75 Å². The number of ether oxygens (including phenoxy) is 1. The summed E-state index contributed by atoms with van der Waals surface area (Å²) < 4.78 is 32.3. The number of halogens is 3. The largest absolute Gasteiger partial charge is 0.495 e. The third kappa shape index (κ3) is 4.09. The third-order valence-electron chi connectivity index (χ3n) is 4.12. The van der Waals surface area contributed by atoms with E-state index >= 15 is 0 Å². The number of urea groups is 1. The third-order valence-corrected chi connectivity index (χ3v) is 4.42. The average Bonchev–Trinajstić information content (AvgIpc) is 2.64. The first-order chi connectivity index (χ1) is 12.9. The molecular formula is C19H15ClF2N2O3. The van der Waals surface area contributed by atoms with Gasteiger partial charge in [-0.2, -0.15) is 0 Å². The van der Waals surface area contributed by atoms with Gasteiger partial charge in [-0.25, -0.2) is 13.6 Å². The fourth-order valence-electron chi connectivity index (χ4n) is 2.76. The molecule has 1 heterocycles. The highest BCUT2D eigenvalue weighted by Gasteiger charge is 2.29. The Morgan fingerprint density at radius 1 is 1.26 bits per heavy atom. The molecule has 3 rings (SSSR count). The molecule has 1 atom stereocenters. The Labute approximate surface area is 159 Å². The number of ketones is 1. The molecule has 2 aromatic carbocycles. The number of hydrogen-bond donors (Lipinski definition) is 1. The quantitative estimate of drug-likeness (QED) is 0.824. The average molecular weight is 393 g/mol. The predicted molar refractivity (Wildman–Crippen MR) is 96.7 cm³/mol. The molecule has 8 heteroatoms. The van der Waals surface area contributed by atoms with Crippen molar-refractivity contribution >= 4 is 29.1 Å². The standard InChI is InChI=1S/C19H15ClF2N2O3/c1-27-18-10-16(15(22)9-14(18)20)23-19(26)24-7-6-13(25)8-17(24)11-2-4-12(21)5-3-11/h2-7,9-10,17H,8H2,1H3,(H,23,26)/t17-/m0/s1. The van der Waals surface area contributed by atoms with E-state index in [0.717, 1.165) is 6.07 Å². The minimum absolute atomic E-state index is 0.0297. The van der Waals surface area contributed by atoms with E-state index < -0.39 is 23.7 Å². The maximum atomic E-state index is 14.1. The summed E-state index contributed by atoms with van der Waals surface area (Å²) in [6, 6.07) is 6.49. The lowest BCUT2D eigenvalue weighted by atomic mass is 9.97. The molecule has 0 fully saturated rings. The molecule has 0 spiro atoms. The van der Waals surface area contributed by atoms with E-state index in [1.165, 1.54) is 54.6 Å². The lowest BCUT2D eigenvalue weighted by Gasteiger charge is -2.31. The van der Waals surface area contributed by atoms with Crippen molar-refractivity contribution in [1.82, 2.24) is 4.90 Å². The number of methoxy groups -OCH3 is 1. The molecule has 1 N–H and O–H groups in total. The normalized spacial score (nSPS) is 16.4. The van der Waals surface area contributed by atoms with Crippen LogP contribution in [-0.4, -0.2) is 23.8 Å². The Hall–Kier alpha value is -2.93. The molecule has 0 bridgehead atoms. The minimum atomic E-state index is -0.732. The number of carbonyl (C=O) groups excluding carboxylic acids is 2. The number of amides is 2. The highest BCUT2D eigenvalue weighted by atomic mass is 35.5. The molecule has 1 aliphatic heterocycles. The molecule has 2 aromatic rings. The van der Waals surface area contributed by atoms with Crippen LogP contribution in [-0.2, 0) is 4.79 Å². The Kier molecular flexibility index (Phi) is 5.41. The van der Waals surface area contributed by atoms with Gasteiger partial charge in [0.2, 0.25) is 0 Å². The van der Waals surface area contributed by atoms with Gasteiger partial charge in [0.1, 0.15) is 17.4 Å². The van der Waals surface area contributed by atoms with Crippen molar-refractivity contribution < 1.29 is 23.1 Å². The van der Waals surface area contributed by atoms with Crippen LogP contribution in [0, 0.1) is 11.6 Å². The Morgan fingerprint density at radius 3 is 2.63 bits per heavy atom. The first-order valence-corrected chi connectivity index (χ1v) is 8.35. The van der Waals surface area contributed by atoms with E-state index in [2.05, 4.69) is 5.32 Å². The maximum absolute atomic E-state index is 14.1. The topological polar surface area (TPSA) is 58.6 Å². The molecular weight excluding hydrogens is 378 g/mol. The number of allylic oxidation sites excluding steroid dienone is 1. The summed E-state index contributed by atoms with van der Waals surface area (Å²) in [5.41, 5.74) is 0.461. The van der Waals surface area contributed by atoms with Gasteiger partial charge in [0.05, 0.1) is 23.9 Å². The molecule has 2 amide bonds. The first-order valence-electron chi connectivity index (χ1n) is 7.98. The molecule has 0 radical (unpaired) electrons. The minimum Gasteiger partial charge on any atom is -0.495 e. The summed E-state index contributed by atoms with van der Waals surface area (Å²) >= 11 is 5.85. The summed E-state index contributed by atoms with van der Waals surface area (Å²) in [5.74, 6) is -1.13. The van der Waals surface area contributed by atoms with Crippen LogP contribution in [0.4, 0.5) is 19.3 Å². The maximum Gasteiger partial charge on any atom is 0.326 e. The van der Waals surface area contributed by atoms with Crippen LogP contribution >= 0.6 is 11.6 Å². The van der Waals surface area contributed by atoms with E-state index in [-0.39, 0.29) is 28.7 Å². The van der Waals surface area contributed by atoms with Crippen LogP contribution in [0.2, 0.25) is 5.02 Å². The second kappa shape index (κ2) is 7.75. The Bertz CT molecular complexity index is 916. The van der Waals surface area contributed by atoms with Crippen LogP contribution in [0.5, 0.6) is 5.75 Å². The molecule has 1 aliphatic rings. The van der Waals surface area contributed by atoms with Crippen LogP contribution in [0.25, 0.3) is 0 Å². The van der Waals surface area contributed by atoms with Crippen molar-refractivity contribution in [3.63, 3.8) is 0 Å². The van der Waals surface area contributed by atoms with E-state index in [1.54, 1.807) is 0 Å². The number of nitrogens with one attached hydrogen (secondary N) is 1. The van der Waals surface area contributed by atoms with Crippen molar-refractivity contribution in [1.29, 1.82) is 0 Å². The zero-order chi connectivity index (χ0) is 19.6. The molecule has 5 nitrogen and oxygen atoms in total. The highest BCUT2D eigenvalue weighted by Crippen LogP contribution is 2.32. The molecule has 140 valence electrons. The van der Waals surface area contributed by atoms with Crippen LogP contribution < -0.4 is 10.1 Å². The molecule has 0 saturated carbocycles. The van der Waals surface area contributed by atoms with Gasteiger partial charge < -0.3 is 10.1 Å². The Balaban J connectivity index is 1.88. The van der Waals surface area contributed by atoms with Gasteiger partial charge in [-0.15, -0.1) is 0 Å². The first kappa shape index (κ1) is 18.8. The number of rotatable bonds is 3. The zero-order valence-corrected chi connectivity index (χ0v) is 15.0. The summed E-state index contributed by atoms with van der Waals surface area (Å²) in [4.78, 5) is 25.8. The number of benzene rings is 2. The van der Waals surface area contributed by atoms with Crippen LogP contribution in [0.1, 0.15) is 18.0 Å². The van der Waals surface area contributed by atoms with Gasteiger partial charge >= 0.3 is 6.03 Å². The SMILES string of the molecule is COc1cc(NC(=O)N2C=CC(=O)C[C@H]2c2ccc(F)cc2)c(F)cc1Cl. The van der Waals surface area contributed by atoms with E-state index in [1.807, 2.05) is 0 Å². The zero-order valence-electron chi connectivity index (χ0n) is 14.2.